The Hall–Kier alpha value is -1.80. The van der Waals surface area contributed by atoms with E-state index >= 15 is 0 Å². The minimum absolute atomic E-state index is 0.0325. The molecule has 1 aliphatic carbocycles. The van der Waals surface area contributed by atoms with E-state index in [2.05, 4.69) is 15.5 Å². The molecule has 1 aromatic rings. The lowest BCUT2D eigenvalue weighted by atomic mass is 9.99. The van der Waals surface area contributed by atoms with Gasteiger partial charge in [0.25, 0.3) is 0 Å². The van der Waals surface area contributed by atoms with Crippen molar-refractivity contribution in [3.63, 3.8) is 0 Å². The molecule has 8 heteroatoms. The number of ketones is 1. The molecular formula is C16H24N4O4. The standard InChI is InChI=1S/C16H24N4O4/c1-11-18-15(19-24-11)14(23)12-5-4-8-20(12)13(22)9-17-16(10-21)6-2-3-7-16/h12,17,21H,2-10H2,1H3. The lowest BCUT2D eigenvalue weighted by Crippen LogP contribution is -2.52. The SMILES string of the molecule is Cc1nc(C(=O)C2CCCN2C(=O)CNC2(CO)CCCC2)no1. The first kappa shape index (κ1) is 17.0. The van der Waals surface area contributed by atoms with Gasteiger partial charge in [-0.1, -0.05) is 18.0 Å². The van der Waals surface area contributed by atoms with Crippen molar-refractivity contribution in [2.75, 3.05) is 19.7 Å². The zero-order chi connectivity index (χ0) is 17.2. The average molecular weight is 336 g/mol. The van der Waals surface area contributed by atoms with Crippen LogP contribution in [0.5, 0.6) is 0 Å². The van der Waals surface area contributed by atoms with Crippen molar-refractivity contribution >= 4 is 11.7 Å². The van der Waals surface area contributed by atoms with E-state index in [0.717, 1.165) is 32.1 Å². The number of nitrogens with one attached hydrogen (secondary N) is 1. The summed E-state index contributed by atoms with van der Waals surface area (Å²) in [5.41, 5.74) is -0.348. The predicted molar refractivity (Wildman–Crippen MR) is 84.4 cm³/mol. The lowest BCUT2D eigenvalue weighted by molar-refractivity contribution is -0.130. The van der Waals surface area contributed by atoms with Gasteiger partial charge >= 0.3 is 0 Å². The second-order valence-electron chi connectivity index (χ2n) is 6.75. The quantitative estimate of drug-likeness (QED) is 0.726. The fourth-order valence-corrected chi connectivity index (χ4v) is 3.69. The molecule has 1 aromatic heterocycles. The van der Waals surface area contributed by atoms with Gasteiger partial charge in [0.05, 0.1) is 19.2 Å². The monoisotopic (exact) mass is 336 g/mol. The Labute approximate surface area is 140 Å². The molecule has 0 radical (unpaired) electrons. The van der Waals surface area contributed by atoms with Crippen molar-refractivity contribution in [2.45, 2.75) is 57.0 Å². The molecule has 2 fully saturated rings. The average Bonchev–Trinajstić information content (AvgIpc) is 3.32. The van der Waals surface area contributed by atoms with Gasteiger partial charge in [-0.25, -0.2) is 0 Å². The number of aliphatic hydroxyl groups excluding tert-OH is 1. The summed E-state index contributed by atoms with van der Waals surface area (Å²) in [6.45, 7) is 2.35. The molecule has 1 saturated carbocycles. The van der Waals surface area contributed by atoms with Gasteiger partial charge < -0.3 is 19.8 Å². The Morgan fingerprint density at radius 1 is 1.38 bits per heavy atom. The normalized spacial score (nSPS) is 22.9. The summed E-state index contributed by atoms with van der Waals surface area (Å²) in [7, 11) is 0. The zero-order valence-electron chi connectivity index (χ0n) is 14.0. The Balaban J connectivity index is 1.62. The summed E-state index contributed by atoms with van der Waals surface area (Å²) in [6.07, 6.45) is 5.27. The van der Waals surface area contributed by atoms with Crippen LogP contribution in [0.3, 0.4) is 0 Å². The molecule has 2 N–H and O–H groups in total. The van der Waals surface area contributed by atoms with Crippen LogP contribution in [0.25, 0.3) is 0 Å². The summed E-state index contributed by atoms with van der Waals surface area (Å²) in [4.78, 5) is 30.7. The van der Waals surface area contributed by atoms with Crippen molar-refractivity contribution in [1.29, 1.82) is 0 Å². The third kappa shape index (κ3) is 3.34. The van der Waals surface area contributed by atoms with Crippen LogP contribution in [-0.4, -0.2) is 63.1 Å². The number of aryl methyl sites for hydroxylation is 1. The highest BCUT2D eigenvalue weighted by molar-refractivity contribution is 5.99. The molecule has 1 saturated heterocycles. The topological polar surface area (TPSA) is 109 Å². The number of hydrogen-bond acceptors (Lipinski definition) is 7. The fourth-order valence-electron chi connectivity index (χ4n) is 3.69. The van der Waals surface area contributed by atoms with Crippen molar-refractivity contribution in [3.8, 4) is 0 Å². The molecule has 3 rings (SSSR count). The van der Waals surface area contributed by atoms with Gasteiger partial charge in [-0.05, 0) is 25.7 Å². The summed E-state index contributed by atoms with van der Waals surface area (Å²) in [5.74, 6) is -0.0176. The molecule has 1 aliphatic heterocycles. The molecule has 2 heterocycles. The lowest BCUT2D eigenvalue weighted by Gasteiger charge is -2.30. The highest BCUT2D eigenvalue weighted by atomic mass is 16.5. The number of amides is 1. The number of rotatable bonds is 6. The third-order valence-electron chi connectivity index (χ3n) is 5.10. The fraction of sp³-hybridized carbons (Fsp3) is 0.750. The number of aromatic nitrogens is 2. The molecule has 0 spiro atoms. The Morgan fingerprint density at radius 3 is 2.75 bits per heavy atom. The Bertz CT molecular complexity index is 609. The smallest absolute Gasteiger partial charge is 0.240 e. The maximum Gasteiger partial charge on any atom is 0.240 e. The van der Waals surface area contributed by atoms with Crippen molar-refractivity contribution in [3.05, 3.63) is 11.7 Å². The molecule has 24 heavy (non-hydrogen) atoms. The number of hydrogen-bond donors (Lipinski definition) is 2. The molecule has 0 bridgehead atoms. The van der Waals surface area contributed by atoms with Crippen LogP contribution < -0.4 is 5.32 Å². The third-order valence-corrected chi connectivity index (χ3v) is 5.10. The van der Waals surface area contributed by atoms with Gasteiger partial charge in [-0.2, -0.15) is 4.98 Å². The summed E-state index contributed by atoms with van der Waals surface area (Å²) >= 11 is 0. The molecule has 1 atom stereocenters. The van der Waals surface area contributed by atoms with E-state index in [0.29, 0.717) is 18.9 Å². The number of carbonyl (C=O) groups is 2. The van der Waals surface area contributed by atoms with E-state index in [1.54, 1.807) is 11.8 Å². The number of aliphatic hydroxyl groups is 1. The van der Waals surface area contributed by atoms with Crippen LogP contribution in [0.4, 0.5) is 0 Å². The van der Waals surface area contributed by atoms with Gasteiger partial charge in [-0.3, -0.25) is 9.59 Å². The zero-order valence-corrected chi connectivity index (χ0v) is 14.0. The number of carbonyl (C=O) groups excluding carboxylic acids is 2. The van der Waals surface area contributed by atoms with Gasteiger partial charge in [0.15, 0.2) is 0 Å². The molecule has 1 amide bonds. The summed E-state index contributed by atoms with van der Waals surface area (Å²) < 4.78 is 4.86. The highest BCUT2D eigenvalue weighted by Crippen LogP contribution is 2.29. The molecule has 2 aliphatic rings. The number of Topliss-reactive ketones (excluding diaryl/α,β-unsaturated/α-hetero) is 1. The number of likely N-dealkylation sites (tertiary alicyclic amines) is 1. The van der Waals surface area contributed by atoms with Gasteiger partial charge in [-0.15, -0.1) is 0 Å². The number of nitrogens with zero attached hydrogens (tertiary/aromatic N) is 3. The van der Waals surface area contributed by atoms with Crippen LogP contribution >= 0.6 is 0 Å². The molecule has 1 unspecified atom stereocenters. The molecular weight excluding hydrogens is 312 g/mol. The van der Waals surface area contributed by atoms with Crippen molar-refractivity contribution in [2.24, 2.45) is 0 Å². The van der Waals surface area contributed by atoms with E-state index in [4.69, 9.17) is 4.52 Å². The maximum atomic E-state index is 12.6. The first-order chi connectivity index (χ1) is 11.5. The van der Waals surface area contributed by atoms with Gasteiger partial charge in [0.1, 0.15) is 0 Å². The van der Waals surface area contributed by atoms with Crippen molar-refractivity contribution in [1.82, 2.24) is 20.4 Å². The van der Waals surface area contributed by atoms with E-state index in [1.165, 1.54) is 0 Å². The van der Waals surface area contributed by atoms with E-state index in [-0.39, 0.29) is 36.2 Å². The van der Waals surface area contributed by atoms with Crippen LogP contribution in [0.2, 0.25) is 0 Å². The van der Waals surface area contributed by atoms with Crippen molar-refractivity contribution < 1.29 is 19.2 Å². The van der Waals surface area contributed by atoms with Gasteiger partial charge in [0, 0.05) is 19.0 Å². The first-order valence-electron chi connectivity index (χ1n) is 8.54. The van der Waals surface area contributed by atoms with E-state index < -0.39 is 6.04 Å². The minimum atomic E-state index is -0.523. The molecule has 0 aromatic carbocycles. The highest BCUT2D eigenvalue weighted by Gasteiger charge is 2.38. The Morgan fingerprint density at radius 2 is 2.12 bits per heavy atom. The largest absolute Gasteiger partial charge is 0.394 e. The molecule has 8 nitrogen and oxygen atoms in total. The summed E-state index contributed by atoms with van der Waals surface area (Å²) in [5, 5.41) is 16.5. The van der Waals surface area contributed by atoms with Crippen LogP contribution in [0.1, 0.15) is 55.0 Å². The predicted octanol–water partition coefficient (Wildman–Crippen LogP) is 0.446. The maximum absolute atomic E-state index is 12.6. The minimum Gasteiger partial charge on any atom is -0.394 e. The van der Waals surface area contributed by atoms with Gasteiger partial charge in [0.2, 0.25) is 23.4 Å². The second-order valence-corrected chi connectivity index (χ2v) is 6.75. The van der Waals surface area contributed by atoms with Crippen LogP contribution in [0, 0.1) is 6.92 Å². The van der Waals surface area contributed by atoms with Crippen LogP contribution in [-0.2, 0) is 4.79 Å². The molecule has 132 valence electrons. The summed E-state index contributed by atoms with van der Waals surface area (Å²) in [6, 6.07) is -0.523. The first-order valence-corrected chi connectivity index (χ1v) is 8.54. The van der Waals surface area contributed by atoms with E-state index in [1.807, 2.05) is 0 Å². The van der Waals surface area contributed by atoms with E-state index in [9.17, 15) is 14.7 Å². The second kappa shape index (κ2) is 6.98. The Kier molecular flexibility index (Phi) is 4.96. The van der Waals surface area contributed by atoms with Crippen LogP contribution in [0.15, 0.2) is 4.52 Å².